The minimum Gasteiger partial charge on any atom is -0.454 e. The van der Waals surface area contributed by atoms with Crippen LogP contribution in [0.25, 0.3) is 0 Å². The molecule has 238 valence electrons. The molecule has 1 aliphatic heterocycles. The van der Waals surface area contributed by atoms with E-state index in [0.717, 1.165) is 5.56 Å². The number of benzene rings is 2. The predicted molar refractivity (Wildman–Crippen MR) is 175 cm³/mol. The number of fused-ring (bicyclic) bond motifs is 1. The van der Waals surface area contributed by atoms with Gasteiger partial charge in [0.2, 0.25) is 28.6 Å². The maximum Gasteiger partial charge on any atom is 0.243 e. The molecule has 13 heteroatoms. The number of amides is 2. The Morgan fingerprint density at radius 2 is 1.74 bits per heavy atom. The van der Waals surface area contributed by atoms with Crippen molar-refractivity contribution >= 4 is 47.4 Å². The predicted octanol–water partition coefficient (Wildman–Crippen LogP) is 2.59. The molecule has 0 saturated carbocycles. The summed E-state index contributed by atoms with van der Waals surface area (Å²) in [4.78, 5) is 26.2. The fourth-order valence-corrected chi connectivity index (χ4v) is 6.91. The summed E-state index contributed by atoms with van der Waals surface area (Å²) < 4.78 is 46.3. The summed E-state index contributed by atoms with van der Waals surface area (Å²) in [6.07, 6.45) is -0.379. The van der Waals surface area contributed by atoms with Gasteiger partial charge in [0, 0.05) is 19.2 Å². The van der Waals surface area contributed by atoms with Crippen LogP contribution in [0.5, 0.6) is 11.5 Å². The SMILES string of the molecule is C=INCC(=O)N[C@H](C(=O)N[C@@H](Cc1ccccc1)[C@H](O)CN(CC(C)C)S(=O)(=O)c1ccc2c(c1)OCO2)C(C)CC. The first-order valence-electron chi connectivity index (χ1n) is 14.3. The number of sulfonamides is 1. The van der Waals surface area contributed by atoms with Crippen molar-refractivity contribution in [3.63, 3.8) is 0 Å². The molecule has 43 heavy (non-hydrogen) atoms. The summed E-state index contributed by atoms with van der Waals surface area (Å²) in [6.45, 7) is 7.55. The van der Waals surface area contributed by atoms with Gasteiger partial charge in [-0.05, 0) is 57.0 Å². The van der Waals surface area contributed by atoms with Crippen molar-refractivity contribution in [1.29, 1.82) is 0 Å². The van der Waals surface area contributed by atoms with Gasteiger partial charge in [-0.15, -0.1) is 0 Å². The number of hydrogen-bond acceptors (Lipinski definition) is 8. The van der Waals surface area contributed by atoms with Crippen molar-refractivity contribution in [3.05, 3.63) is 54.1 Å². The first-order chi connectivity index (χ1) is 20.5. The molecule has 2 aromatic rings. The van der Waals surface area contributed by atoms with Gasteiger partial charge in [0.25, 0.3) is 0 Å². The Bertz CT molecular complexity index is 1340. The smallest absolute Gasteiger partial charge is 0.243 e. The molecule has 4 N–H and O–H groups in total. The van der Waals surface area contributed by atoms with Crippen LogP contribution < -0.4 is 23.6 Å². The van der Waals surface area contributed by atoms with E-state index in [2.05, 4.69) is 18.7 Å². The summed E-state index contributed by atoms with van der Waals surface area (Å²) >= 11 is -0.546. The second-order valence-electron chi connectivity index (χ2n) is 11.0. The number of rotatable bonds is 17. The third-order valence-electron chi connectivity index (χ3n) is 7.17. The van der Waals surface area contributed by atoms with Gasteiger partial charge < -0.3 is 25.2 Å². The fourth-order valence-electron chi connectivity index (χ4n) is 4.66. The van der Waals surface area contributed by atoms with Gasteiger partial charge in [-0.1, -0.05) is 69.0 Å². The molecule has 11 nitrogen and oxygen atoms in total. The van der Waals surface area contributed by atoms with E-state index in [4.69, 9.17) is 9.47 Å². The second kappa shape index (κ2) is 16.5. The summed E-state index contributed by atoms with van der Waals surface area (Å²) in [5.74, 6) is -0.185. The molecule has 3 rings (SSSR count). The first-order valence-corrected chi connectivity index (χ1v) is 18.3. The molecule has 1 unspecified atom stereocenters. The van der Waals surface area contributed by atoms with Crippen LogP contribution in [0, 0.1) is 11.8 Å². The Kier molecular flexibility index (Phi) is 13.4. The van der Waals surface area contributed by atoms with Gasteiger partial charge >= 0.3 is 0 Å². The zero-order valence-corrected chi connectivity index (χ0v) is 28.1. The fraction of sp³-hybridized carbons (Fsp3) is 0.500. The molecule has 0 aliphatic carbocycles. The van der Waals surface area contributed by atoms with Crippen LogP contribution in [0.4, 0.5) is 0 Å². The second-order valence-corrected chi connectivity index (χ2v) is 14.4. The zero-order chi connectivity index (χ0) is 31.6. The number of nitrogens with zero attached hydrogens (tertiary/aromatic N) is 1. The lowest BCUT2D eigenvalue weighted by molar-refractivity contribution is -0.130. The summed E-state index contributed by atoms with van der Waals surface area (Å²) in [6, 6.07) is 12.1. The molecule has 1 heterocycles. The molecule has 0 radical (unpaired) electrons. The van der Waals surface area contributed by atoms with E-state index in [1.165, 1.54) is 16.4 Å². The van der Waals surface area contributed by atoms with Gasteiger partial charge in [0.05, 0.1) is 23.6 Å². The molecule has 2 amide bonds. The number of nitrogens with one attached hydrogen (secondary N) is 3. The largest absolute Gasteiger partial charge is 0.454 e. The maximum atomic E-state index is 13.8. The highest BCUT2D eigenvalue weighted by molar-refractivity contribution is 14.2. The normalized spacial score (nSPS) is 15.6. The monoisotopic (exact) mass is 730 g/mol. The third kappa shape index (κ3) is 9.96. The molecule has 0 aromatic heterocycles. The molecular weight excluding hydrogens is 687 g/mol. The number of carbonyl (C=O) groups is 2. The van der Waals surface area contributed by atoms with Gasteiger partial charge in [-0.3, -0.25) is 13.1 Å². The minimum absolute atomic E-state index is 0.0138. The highest BCUT2D eigenvalue weighted by atomic mass is 127. The zero-order valence-electron chi connectivity index (χ0n) is 25.1. The summed E-state index contributed by atoms with van der Waals surface area (Å²) in [5, 5.41) is 17.3. The van der Waals surface area contributed by atoms with Crippen LogP contribution in [0.15, 0.2) is 53.4 Å². The van der Waals surface area contributed by atoms with Gasteiger partial charge in [-0.2, -0.15) is 4.31 Å². The van der Waals surface area contributed by atoms with Gasteiger partial charge in [0.1, 0.15) is 6.04 Å². The van der Waals surface area contributed by atoms with Crippen molar-refractivity contribution in [3.8, 4) is 11.5 Å². The van der Waals surface area contributed by atoms with Gasteiger partial charge in [0.15, 0.2) is 11.5 Å². The first kappa shape index (κ1) is 34.9. The van der Waals surface area contributed by atoms with E-state index >= 15 is 0 Å². The Balaban J connectivity index is 1.88. The van der Waals surface area contributed by atoms with Crippen molar-refractivity contribution in [2.45, 2.75) is 63.6 Å². The highest BCUT2D eigenvalue weighted by Gasteiger charge is 2.34. The molecule has 0 fully saturated rings. The quantitative estimate of drug-likeness (QED) is 0.144. The number of ether oxygens (including phenoxy) is 2. The topological polar surface area (TPSA) is 146 Å². The van der Waals surface area contributed by atoms with Crippen LogP contribution in [-0.4, -0.2) is 78.8 Å². The molecule has 0 bridgehead atoms. The van der Waals surface area contributed by atoms with Crippen LogP contribution in [0.2, 0.25) is 0 Å². The Labute approximate surface area is 264 Å². The van der Waals surface area contributed by atoms with Crippen LogP contribution in [-0.2, 0) is 26.0 Å². The molecule has 0 spiro atoms. The Morgan fingerprint density at radius 3 is 2.40 bits per heavy atom. The molecule has 2 aromatic carbocycles. The van der Waals surface area contributed by atoms with Crippen LogP contribution in [0.3, 0.4) is 0 Å². The van der Waals surface area contributed by atoms with E-state index in [0.29, 0.717) is 17.9 Å². The maximum absolute atomic E-state index is 13.8. The number of aliphatic hydroxyl groups is 1. The van der Waals surface area contributed by atoms with E-state index in [9.17, 15) is 23.1 Å². The molecular formula is C30H43IN4O7S. The Hall–Kier alpha value is -2.59. The number of carbonyl (C=O) groups excluding carboxylic acids is 2. The lowest BCUT2D eigenvalue weighted by atomic mass is 9.96. The number of aliphatic hydroxyl groups excluding tert-OH is 1. The molecule has 1 aliphatic rings. The number of halogens is 1. The van der Waals surface area contributed by atoms with E-state index in [-0.39, 0.29) is 55.5 Å². The summed E-state index contributed by atoms with van der Waals surface area (Å²) in [5.41, 5.74) is 0.855. The van der Waals surface area contributed by atoms with Crippen molar-refractivity contribution in [1.82, 2.24) is 18.5 Å². The van der Waals surface area contributed by atoms with Crippen LogP contribution >= 0.6 is 21.0 Å². The number of hydrogen-bond donors (Lipinski definition) is 4. The van der Waals surface area contributed by atoms with Crippen LogP contribution in [0.1, 0.15) is 39.7 Å². The lowest BCUT2D eigenvalue weighted by Crippen LogP contribution is -2.57. The minimum atomic E-state index is -4.05. The van der Waals surface area contributed by atoms with E-state index in [1.54, 1.807) is 6.07 Å². The average Bonchev–Trinajstić information content (AvgIpc) is 3.46. The Morgan fingerprint density at radius 1 is 1.05 bits per heavy atom. The van der Waals surface area contributed by atoms with Crippen molar-refractivity contribution < 1.29 is 32.6 Å². The summed E-state index contributed by atoms with van der Waals surface area (Å²) in [7, 11) is -4.05. The average molecular weight is 731 g/mol. The molecule has 0 saturated heterocycles. The van der Waals surface area contributed by atoms with Gasteiger partial charge in [-0.25, -0.2) is 8.42 Å². The standard InChI is InChI=1S/C30H43IN4O7S/c1-6-21(4)29(34-28(37)16-32-31-5)30(38)33-24(14-22-10-8-7-9-11-22)25(36)18-35(17-20(2)3)43(39,40)23-12-13-26-27(15-23)42-19-41-26/h7-13,15,20-21,24-25,29,32,36H,5-6,14,16-19H2,1-4H3,(H,33,38)(H,34,37)/t21?,24-,25+,29-/m0/s1. The third-order valence-corrected chi connectivity index (χ3v) is 9.91. The van der Waals surface area contributed by atoms with E-state index in [1.807, 2.05) is 58.0 Å². The van der Waals surface area contributed by atoms with E-state index < -0.39 is 55.1 Å². The van der Waals surface area contributed by atoms with Crippen molar-refractivity contribution in [2.24, 2.45) is 11.8 Å². The highest BCUT2D eigenvalue weighted by Crippen LogP contribution is 2.35. The van der Waals surface area contributed by atoms with Crippen molar-refractivity contribution in [2.75, 3.05) is 26.4 Å². The molecule has 4 atom stereocenters. The lowest BCUT2D eigenvalue weighted by Gasteiger charge is -2.32.